The summed E-state index contributed by atoms with van der Waals surface area (Å²) in [4.78, 5) is 0. The van der Waals surface area contributed by atoms with Gasteiger partial charge in [-0.3, -0.25) is 4.68 Å². The number of rotatable bonds is 4. The van der Waals surface area contributed by atoms with E-state index < -0.39 is 0 Å². The van der Waals surface area contributed by atoms with E-state index in [1.54, 1.807) is 17.4 Å². The van der Waals surface area contributed by atoms with Gasteiger partial charge in [-0.2, -0.15) is 16.4 Å². The van der Waals surface area contributed by atoms with Crippen LogP contribution in [-0.4, -0.2) is 14.9 Å². The molecule has 0 aliphatic carbocycles. The molecule has 0 saturated carbocycles. The van der Waals surface area contributed by atoms with Crippen molar-refractivity contribution in [1.82, 2.24) is 9.78 Å². The van der Waals surface area contributed by atoms with Crippen LogP contribution in [0.1, 0.15) is 11.3 Å². The van der Waals surface area contributed by atoms with Gasteiger partial charge in [0.15, 0.2) is 5.76 Å². The Hall–Kier alpha value is -2.37. The number of aliphatic hydroxyl groups is 1. The first kappa shape index (κ1) is 13.3. The lowest BCUT2D eigenvalue weighted by Crippen LogP contribution is -2.00. The number of nitrogens with zero attached hydrogens (tertiary/aromatic N) is 2. The summed E-state index contributed by atoms with van der Waals surface area (Å²) < 4.78 is 7.65. The summed E-state index contributed by atoms with van der Waals surface area (Å²) in [5.74, 6) is 1.23. The second-order valence-corrected chi connectivity index (χ2v) is 5.86. The van der Waals surface area contributed by atoms with Gasteiger partial charge in [0, 0.05) is 5.39 Å². The zero-order valence-electron chi connectivity index (χ0n) is 11.8. The fourth-order valence-electron chi connectivity index (χ4n) is 2.58. The van der Waals surface area contributed by atoms with E-state index in [0.717, 1.165) is 23.1 Å². The van der Waals surface area contributed by atoms with E-state index in [4.69, 9.17) is 14.6 Å². The number of aliphatic hydroxyl groups excluding tert-OH is 1. The Morgan fingerprint density at radius 1 is 1.14 bits per heavy atom. The predicted octanol–water partition coefficient (Wildman–Crippen LogP) is 3.90. The number of thiophene rings is 1. The number of aromatic nitrogens is 2. The fourth-order valence-corrected chi connectivity index (χ4v) is 3.24. The third-order valence-corrected chi connectivity index (χ3v) is 4.35. The molecule has 0 aliphatic heterocycles. The molecule has 4 nitrogen and oxygen atoms in total. The van der Waals surface area contributed by atoms with Crippen LogP contribution in [0.15, 0.2) is 57.6 Å². The minimum absolute atomic E-state index is 0.104. The molecular formula is C17H14N2O2S. The van der Waals surface area contributed by atoms with E-state index in [-0.39, 0.29) is 6.61 Å². The number of hydrogen-bond acceptors (Lipinski definition) is 4. The molecule has 3 heterocycles. The molecule has 0 spiro atoms. The van der Waals surface area contributed by atoms with E-state index in [1.165, 1.54) is 5.56 Å². The molecule has 22 heavy (non-hydrogen) atoms. The van der Waals surface area contributed by atoms with Gasteiger partial charge in [-0.15, -0.1) is 0 Å². The average Bonchev–Trinajstić information content (AvgIpc) is 3.27. The van der Waals surface area contributed by atoms with Crippen molar-refractivity contribution in [3.05, 3.63) is 64.5 Å². The number of benzene rings is 1. The SMILES string of the molecule is OCc1ccc(-c2nn(Cc3ccsc3)c3ccccc23)o1. The van der Waals surface area contributed by atoms with Crippen LogP contribution in [0.4, 0.5) is 0 Å². The van der Waals surface area contributed by atoms with Crippen molar-refractivity contribution in [2.45, 2.75) is 13.2 Å². The van der Waals surface area contributed by atoms with Gasteiger partial charge in [-0.05, 0) is 40.6 Å². The highest BCUT2D eigenvalue weighted by Gasteiger charge is 2.15. The zero-order chi connectivity index (χ0) is 14.9. The van der Waals surface area contributed by atoms with Crippen molar-refractivity contribution in [3.63, 3.8) is 0 Å². The van der Waals surface area contributed by atoms with Gasteiger partial charge in [0.2, 0.25) is 0 Å². The molecule has 5 heteroatoms. The first-order chi connectivity index (χ1) is 10.8. The first-order valence-corrected chi connectivity index (χ1v) is 7.96. The Morgan fingerprint density at radius 2 is 2.05 bits per heavy atom. The van der Waals surface area contributed by atoms with Crippen molar-refractivity contribution >= 4 is 22.2 Å². The van der Waals surface area contributed by atoms with Crippen LogP contribution in [0, 0.1) is 0 Å². The van der Waals surface area contributed by atoms with Gasteiger partial charge < -0.3 is 9.52 Å². The van der Waals surface area contributed by atoms with Crippen molar-refractivity contribution in [1.29, 1.82) is 0 Å². The minimum atomic E-state index is -0.104. The van der Waals surface area contributed by atoms with Gasteiger partial charge in [-0.1, -0.05) is 18.2 Å². The maximum Gasteiger partial charge on any atom is 0.155 e. The summed E-state index contributed by atoms with van der Waals surface area (Å²) in [5, 5.41) is 19.2. The molecule has 0 aliphatic rings. The highest BCUT2D eigenvalue weighted by atomic mass is 32.1. The number of furan rings is 1. The minimum Gasteiger partial charge on any atom is -0.457 e. The molecular weight excluding hydrogens is 296 g/mol. The van der Waals surface area contributed by atoms with Crippen LogP contribution >= 0.6 is 11.3 Å². The van der Waals surface area contributed by atoms with E-state index in [2.05, 4.69) is 22.9 Å². The fraction of sp³-hybridized carbons (Fsp3) is 0.118. The summed E-state index contributed by atoms with van der Waals surface area (Å²) in [6.07, 6.45) is 0. The third kappa shape index (κ3) is 2.24. The normalized spacial score (nSPS) is 11.3. The Balaban J connectivity index is 1.85. The lowest BCUT2D eigenvalue weighted by Gasteiger charge is -2.00. The Labute approximate surface area is 131 Å². The maximum atomic E-state index is 9.17. The van der Waals surface area contributed by atoms with Crippen LogP contribution in [0.25, 0.3) is 22.4 Å². The standard InChI is InChI=1S/C17H14N2O2S/c20-10-13-5-6-16(21-13)17-14-3-1-2-4-15(14)19(18-17)9-12-7-8-22-11-12/h1-8,11,20H,9-10H2. The molecule has 0 radical (unpaired) electrons. The molecule has 0 atom stereocenters. The van der Waals surface area contributed by atoms with Crippen molar-refractivity contribution < 1.29 is 9.52 Å². The lowest BCUT2D eigenvalue weighted by molar-refractivity contribution is 0.248. The van der Waals surface area contributed by atoms with Crippen molar-refractivity contribution in [2.75, 3.05) is 0 Å². The van der Waals surface area contributed by atoms with Gasteiger partial charge in [0.25, 0.3) is 0 Å². The van der Waals surface area contributed by atoms with Gasteiger partial charge in [0.05, 0.1) is 12.1 Å². The van der Waals surface area contributed by atoms with Gasteiger partial charge >= 0.3 is 0 Å². The molecule has 0 saturated heterocycles. The number of fused-ring (bicyclic) bond motifs is 1. The smallest absolute Gasteiger partial charge is 0.155 e. The molecule has 4 rings (SSSR count). The highest BCUT2D eigenvalue weighted by Crippen LogP contribution is 2.29. The molecule has 3 aromatic heterocycles. The van der Waals surface area contributed by atoms with Crippen LogP contribution in [0.3, 0.4) is 0 Å². The van der Waals surface area contributed by atoms with E-state index >= 15 is 0 Å². The largest absolute Gasteiger partial charge is 0.457 e. The zero-order valence-corrected chi connectivity index (χ0v) is 12.6. The molecule has 0 unspecified atom stereocenters. The molecule has 0 bridgehead atoms. The summed E-state index contributed by atoms with van der Waals surface area (Å²) in [6.45, 7) is 0.630. The summed E-state index contributed by atoms with van der Waals surface area (Å²) >= 11 is 1.69. The highest BCUT2D eigenvalue weighted by molar-refractivity contribution is 7.07. The molecule has 110 valence electrons. The van der Waals surface area contributed by atoms with Crippen LogP contribution < -0.4 is 0 Å². The van der Waals surface area contributed by atoms with E-state index in [1.807, 2.05) is 28.9 Å². The Morgan fingerprint density at radius 3 is 2.82 bits per heavy atom. The Kier molecular flexibility index (Phi) is 3.29. The predicted molar refractivity (Wildman–Crippen MR) is 86.8 cm³/mol. The molecule has 1 N–H and O–H groups in total. The lowest BCUT2D eigenvalue weighted by atomic mass is 10.2. The molecule has 0 fully saturated rings. The molecule has 1 aromatic carbocycles. The number of para-hydroxylation sites is 1. The maximum absolute atomic E-state index is 9.17. The van der Waals surface area contributed by atoms with Gasteiger partial charge in [-0.25, -0.2) is 0 Å². The second-order valence-electron chi connectivity index (χ2n) is 5.08. The second kappa shape index (κ2) is 5.44. The monoisotopic (exact) mass is 310 g/mol. The topological polar surface area (TPSA) is 51.2 Å². The summed E-state index contributed by atoms with van der Waals surface area (Å²) in [7, 11) is 0. The first-order valence-electron chi connectivity index (χ1n) is 7.02. The van der Waals surface area contributed by atoms with Crippen LogP contribution in [-0.2, 0) is 13.2 Å². The number of hydrogen-bond donors (Lipinski definition) is 1. The van der Waals surface area contributed by atoms with Crippen LogP contribution in [0.5, 0.6) is 0 Å². The Bertz CT molecular complexity index is 906. The summed E-state index contributed by atoms with van der Waals surface area (Å²) in [5.41, 5.74) is 3.12. The van der Waals surface area contributed by atoms with E-state index in [0.29, 0.717) is 11.5 Å². The van der Waals surface area contributed by atoms with Crippen molar-refractivity contribution in [2.24, 2.45) is 0 Å². The quantitative estimate of drug-likeness (QED) is 0.622. The van der Waals surface area contributed by atoms with E-state index in [9.17, 15) is 0 Å². The molecule has 4 aromatic rings. The third-order valence-electron chi connectivity index (χ3n) is 3.62. The summed E-state index contributed by atoms with van der Waals surface area (Å²) in [6, 6.07) is 13.9. The van der Waals surface area contributed by atoms with Crippen LogP contribution in [0.2, 0.25) is 0 Å². The average molecular weight is 310 g/mol. The van der Waals surface area contributed by atoms with Gasteiger partial charge in [0.1, 0.15) is 18.1 Å². The van der Waals surface area contributed by atoms with Crippen molar-refractivity contribution in [3.8, 4) is 11.5 Å². The molecule has 0 amide bonds.